The van der Waals surface area contributed by atoms with Gasteiger partial charge in [-0.2, -0.15) is 4.31 Å². The van der Waals surface area contributed by atoms with Gasteiger partial charge in [0, 0.05) is 19.6 Å². The molecule has 0 spiro atoms. The molecule has 0 saturated heterocycles. The Morgan fingerprint density at radius 2 is 1.95 bits per heavy atom. The van der Waals surface area contributed by atoms with Crippen molar-refractivity contribution in [3.05, 3.63) is 28.8 Å². The Kier molecular flexibility index (Phi) is 5.97. The summed E-state index contributed by atoms with van der Waals surface area (Å²) in [5.74, 6) is 2.37. The zero-order valence-electron chi connectivity index (χ0n) is 13.4. The number of rotatable bonds is 6. The minimum Gasteiger partial charge on any atom is -0.310 e. The average molecular weight is 308 g/mol. The van der Waals surface area contributed by atoms with Gasteiger partial charge in [0.25, 0.3) is 0 Å². The molecule has 1 N–H and O–H groups in total. The monoisotopic (exact) mass is 308 g/mol. The SMILES string of the molecule is C#CCN(C)S(=O)(=O)c1cc(CNC(C)C)cc(C)c1C. The van der Waals surface area contributed by atoms with Gasteiger partial charge in [-0.25, -0.2) is 8.42 Å². The summed E-state index contributed by atoms with van der Waals surface area (Å²) in [5, 5.41) is 3.30. The van der Waals surface area contributed by atoms with E-state index in [1.54, 1.807) is 6.07 Å². The molecule has 1 aromatic rings. The van der Waals surface area contributed by atoms with Crippen LogP contribution in [0.1, 0.15) is 30.5 Å². The second-order valence-electron chi connectivity index (χ2n) is 5.54. The van der Waals surface area contributed by atoms with Crippen molar-refractivity contribution in [1.29, 1.82) is 0 Å². The van der Waals surface area contributed by atoms with E-state index in [-0.39, 0.29) is 6.54 Å². The molecule has 0 heterocycles. The van der Waals surface area contributed by atoms with E-state index in [0.717, 1.165) is 16.7 Å². The zero-order chi connectivity index (χ0) is 16.2. The van der Waals surface area contributed by atoms with E-state index >= 15 is 0 Å². The minimum absolute atomic E-state index is 0.0648. The van der Waals surface area contributed by atoms with Crippen molar-refractivity contribution in [1.82, 2.24) is 9.62 Å². The molecule has 0 atom stereocenters. The standard InChI is InChI=1S/C16H24N2O2S/c1-7-8-18(6)21(19,20)16-10-15(11-17-12(2)3)9-13(4)14(16)5/h1,9-10,12,17H,8,11H2,2-6H3. The van der Waals surface area contributed by atoms with Crippen LogP contribution in [-0.4, -0.2) is 32.4 Å². The van der Waals surface area contributed by atoms with Crippen molar-refractivity contribution < 1.29 is 8.42 Å². The van der Waals surface area contributed by atoms with Crippen LogP contribution in [-0.2, 0) is 16.6 Å². The summed E-state index contributed by atoms with van der Waals surface area (Å²) in [6.07, 6.45) is 5.22. The average Bonchev–Trinajstić information content (AvgIpc) is 2.39. The van der Waals surface area contributed by atoms with Gasteiger partial charge < -0.3 is 5.32 Å². The van der Waals surface area contributed by atoms with Gasteiger partial charge in [-0.3, -0.25) is 0 Å². The van der Waals surface area contributed by atoms with Crippen LogP contribution >= 0.6 is 0 Å². The lowest BCUT2D eigenvalue weighted by atomic mass is 10.1. The van der Waals surface area contributed by atoms with E-state index in [2.05, 4.69) is 25.1 Å². The smallest absolute Gasteiger partial charge is 0.243 e. The molecule has 0 unspecified atom stereocenters. The summed E-state index contributed by atoms with van der Waals surface area (Å²) in [6, 6.07) is 4.10. The zero-order valence-corrected chi connectivity index (χ0v) is 14.2. The molecule has 1 rings (SSSR count). The highest BCUT2D eigenvalue weighted by Gasteiger charge is 2.23. The predicted molar refractivity (Wildman–Crippen MR) is 86.5 cm³/mol. The molecule has 21 heavy (non-hydrogen) atoms. The summed E-state index contributed by atoms with van der Waals surface area (Å²) < 4.78 is 26.4. The van der Waals surface area contributed by atoms with Gasteiger partial charge in [0.2, 0.25) is 10.0 Å². The number of aryl methyl sites for hydroxylation is 1. The first-order valence-corrected chi connectivity index (χ1v) is 8.37. The Balaban J connectivity index is 3.26. The molecule has 0 aliphatic carbocycles. The van der Waals surface area contributed by atoms with Crippen molar-refractivity contribution >= 4 is 10.0 Å². The number of nitrogens with zero attached hydrogens (tertiary/aromatic N) is 1. The number of hydrogen-bond donors (Lipinski definition) is 1. The summed E-state index contributed by atoms with van der Waals surface area (Å²) in [7, 11) is -2.05. The van der Waals surface area contributed by atoms with E-state index in [1.165, 1.54) is 11.4 Å². The summed E-state index contributed by atoms with van der Waals surface area (Å²) in [5.41, 5.74) is 2.69. The summed E-state index contributed by atoms with van der Waals surface area (Å²) in [4.78, 5) is 0.334. The van der Waals surface area contributed by atoms with Gasteiger partial charge in [0.15, 0.2) is 0 Å². The Labute approximate surface area is 128 Å². The molecular weight excluding hydrogens is 284 g/mol. The molecule has 0 amide bonds. The Bertz CT molecular complexity index is 643. The minimum atomic E-state index is -3.55. The topological polar surface area (TPSA) is 49.4 Å². The molecule has 4 nitrogen and oxygen atoms in total. The van der Waals surface area contributed by atoms with Crippen LogP contribution in [0.3, 0.4) is 0 Å². The molecule has 0 bridgehead atoms. The van der Waals surface area contributed by atoms with Crippen molar-refractivity contribution in [2.45, 2.75) is 45.2 Å². The fourth-order valence-corrected chi connectivity index (χ4v) is 3.40. The maximum atomic E-state index is 12.6. The second-order valence-corrected chi connectivity index (χ2v) is 7.55. The van der Waals surface area contributed by atoms with E-state index in [9.17, 15) is 8.42 Å². The molecule has 5 heteroatoms. The van der Waals surface area contributed by atoms with Crippen molar-refractivity contribution in [3.63, 3.8) is 0 Å². The molecule has 0 aromatic heterocycles. The van der Waals surface area contributed by atoms with Crippen LogP contribution in [0.15, 0.2) is 17.0 Å². The van der Waals surface area contributed by atoms with Crippen molar-refractivity contribution in [2.75, 3.05) is 13.6 Å². The quantitative estimate of drug-likeness (QED) is 0.818. The second kappa shape index (κ2) is 7.08. The number of benzene rings is 1. The van der Waals surface area contributed by atoms with Crippen molar-refractivity contribution in [3.8, 4) is 12.3 Å². The Morgan fingerprint density at radius 3 is 2.48 bits per heavy atom. The highest BCUT2D eigenvalue weighted by Crippen LogP contribution is 2.23. The van der Waals surface area contributed by atoms with Gasteiger partial charge >= 0.3 is 0 Å². The van der Waals surface area contributed by atoms with Gasteiger partial charge in [-0.15, -0.1) is 6.42 Å². The first-order chi connectivity index (χ1) is 9.70. The van der Waals surface area contributed by atoms with E-state index in [4.69, 9.17) is 6.42 Å². The van der Waals surface area contributed by atoms with Crippen LogP contribution < -0.4 is 5.32 Å². The van der Waals surface area contributed by atoms with E-state index < -0.39 is 10.0 Å². The molecule has 0 saturated carbocycles. The lowest BCUT2D eigenvalue weighted by Gasteiger charge is -2.19. The fraction of sp³-hybridized carbons (Fsp3) is 0.500. The molecule has 0 fully saturated rings. The summed E-state index contributed by atoms with van der Waals surface area (Å²) in [6.45, 7) is 8.56. The van der Waals surface area contributed by atoms with Crippen LogP contribution in [0.25, 0.3) is 0 Å². The van der Waals surface area contributed by atoms with Gasteiger partial charge in [0.05, 0.1) is 11.4 Å². The van der Waals surface area contributed by atoms with Crippen LogP contribution in [0, 0.1) is 26.2 Å². The third kappa shape index (κ3) is 4.31. The first kappa shape index (κ1) is 17.7. The van der Waals surface area contributed by atoms with Crippen molar-refractivity contribution in [2.24, 2.45) is 0 Å². The molecule has 0 radical (unpaired) electrons. The molecular formula is C16H24N2O2S. The number of terminal acetylenes is 1. The number of hydrogen-bond acceptors (Lipinski definition) is 3. The van der Waals surface area contributed by atoms with Gasteiger partial charge in [-0.05, 0) is 36.6 Å². The lowest BCUT2D eigenvalue weighted by molar-refractivity contribution is 0.502. The van der Waals surface area contributed by atoms with Crippen LogP contribution in [0.2, 0.25) is 0 Å². The van der Waals surface area contributed by atoms with E-state index in [1.807, 2.05) is 19.9 Å². The highest BCUT2D eigenvalue weighted by atomic mass is 32.2. The molecule has 0 aliphatic heterocycles. The largest absolute Gasteiger partial charge is 0.310 e. The lowest BCUT2D eigenvalue weighted by Crippen LogP contribution is -2.28. The molecule has 116 valence electrons. The first-order valence-electron chi connectivity index (χ1n) is 6.93. The number of nitrogens with one attached hydrogen (secondary N) is 1. The Morgan fingerprint density at radius 1 is 1.33 bits per heavy atom. The van der Waals surface area contributed by atoms with Gasteiger partial charge in [0.1, 0.15) is 0 Å². The highest BCUT2D eigenvalue weighted by molar-refractivity contribution is 7.89. The third-order valence-corrected chi connectivity index (χ3v) is 5.33. The Hall–Kier alpha value is -1.35. The van der Waals surface area contributed by atoms with E-state index in [0.29, 0.717) is 17.5 Å². The third-order valence-electron chi connectivity index (χ3n) is 3.40. The maximum Gasteiger partial charge on any atom is 0.243 e. The fourth-order valence-electron chi connectivity index (χ4n) is 1.97. The van der Waals surface area contributed by atoms with Gasteiger partial charge in [-0.1, -0.05) is 25.8 Å². The summed E-state index contributed by atoms with van der Waals surface area (Å²) >= 11 is 0. The normalized spacial score (nSPS) is 11.9. The molecule has 1 aromatic carbocycles. The maximum absolute atomic E-state index is 12.6. The number of sulfonamides is 1. The van der Waals surface area contributed by atoms with Crippen LogP contribution in [0.5, 0.6) is 0 Å². The molecule has 0 aliphatic rings. The predicted octanol–water partition coefficient (Wildman–Crippen LogP) is 2.06. The van der Waals surface area contributed by atoms with Crippen LogP contribution in [0.4, 0.5) is 0 Å².